The molecule has 5 aliphatic rings. The summed E-state index contributed by atoms with van der Waals surface area (Å²) in [5, 5.41) is 113. The standard InChI is InChI=1S/C27H46O16/c1-8-18(32)21(35)23(37)26(39-8)42-16-6-11-14(40-25(16)9-2-12(30)19(33)13(31)3-9)4-10(29)5-15(11)41-27-24(38)22(36)20(34)17(7-28)43-27/h8-38H,2-7H2,1H3/t8-,9?,10?,11?,12?,13?,14?,15?,16?,17-,18+,19?,20-,21-,22+,23-,24-,25?,26+,27-/m0/s1. The van der Waals surface area contributed by atoms with E-state index in [0.717, 1.165) is 0 Å². The van der Waals surface area contributed by atoms with Crippen LogP contribution in [0.25, 0.3) is 0 Å². The molecule has 3 saturated heterocycles. The third-order valence-corrected chi connectivity index (χ3v) is 9.78. The Balaban J connectivity index is 1.39. The first kappa shape index (κ1) is 33.7. The molecule has 18 atom stereocenters. The number of rotatable bonds is 6. The minimum Gasteiger partial charge on any atom is -0.394 e. The van der Waals surface area contributed by atoms with Crippen molar-refractivity contribution in [2.75, 3.05) is 6.61 Å². The van der Waals surface area contributed by atoms with Crippen LogP contribution < -0.4 is 0 Å². The molecule has 5 fully saturated rings. The molecule has 0 bridgehead atoms. The van der Waals surface area contributed by atoms with Gasteiger partial charge in [0.25, 0.3) is 0 Å². The molecule has 5 rings (SSSR count). The van der Waals surface area contributed by atoms with Gasteiger partial charge in [0.15, 0.2) is 12.6 Å². The van der Waals surface area contributed by atoms with E-state index in [0.29, 0.717) is 0 Å². The van der Waals surface area contributed by atoms with Crippen LogP contribution in [0.4, 0.5) is 0 Å². The fraction of sp³-hybridized carbons (Fsp3) is 1.00. The monoisotopic (exact) mass is 626 g/mol. The molecule has 0 radical (unpaired) electrons. The van der Waals surface area contributed by atoms with E-state index in [9.17, 15) is 56.2 Å². The lowest BCUT2D eigenvalue weighted by Crippen LogP contribution is -2.63. The van der Waals surface area contributed by atoms with Gasteiger partial charge in [-0.05, 0) is 38.5 Å². The van der Waals surface area contributed by atoms with Crippen LogP contribution in [0.1, 0.15) is 39.0 Å². The van der Waals surface area contributed by atoms with E-state index < -0.39 is 129 Å². The van der Waals surface area contributed by atoms with E-state index >= 15 is 0 Å². The molecule has 8 unspecified atom stereocenters. The van der Waals surface area contributed by atoms with Crippen molar-refractivity contribution < 1.29 is 79.9 Å². The summed E-state index contributed by atoms with van der Waals surface area (Å²) in [6.07, 6.45) is -21.8. The summed E-state index contributed by atoms with van der Waals surface area (Å²) < 4.78 is 29.9. The lowest BCUT2D eigenvalue weighted by molar-refractivity contribution is -0.342. The highest BCUT2D eigenvalue weighted by Gasteiger charge is 2.54. The SMILES string of the molecule is C[C@@H]1O[C@H](OC2CC3C(CC(O)CC3O[C@H]3O[C@@H](CO)[C@H](O)[C@@H](O)[C@@H]3O)OC2C2CC(O)C(O)C(O)C2)[C@@H](O)[C@@H](O)[C@@H]1O. The third kappa shape index (κ3) is 6.76. The largest absolute Gasteiger partial charge is 0.394 e. The van der Waals surface area contributed by atoms with Crippen LogP contribution in [0.2, 0.25) is 0 Å². The molecule has 3 heterocycles. The van der Waals surface area contributed by atoms with Crippen molar-refractivity contribution in [3.8, 4) is 0 Å². The molecule has 2 saturated carbocycles. The summed E-state index contributed by atoms with van der Waals surface area (Å²) >= 11 is 0. The van der Waals surface area contributed by atoms with Gasteiger partial charge in [-0.15, -0.1) is 0 Å². The van der Waals surface area contributed by atoms with Gasteiger partial charge in [0.1, 0.15) is 48.8 Å². The molecule has 0 spiro atoms. The van der Waals surface area contributed by atoms with Crippen molar-refractivity contribution in [3.63, 3.8) is 0 Å². The zero-order valence-electron chi connectivity index (χ0n) is 23.8. The molecule has 0 aromatic rings. The van der Waals surface area contributed by atoms with E-state index in [-0.39, 0.29) is 32.1 Å². The first-order chi connectivity index (χ1) is 20.3. The third-order valence-electron chi connectivity index (χ3n) is 9.78. The summed E-state index contributed by atoms with van der Waals surface area (Å²) in [5.41, 5.74) is 0. The second kappa shape index (κ2) is 13.6. The molecule has 3 aliphatic heterocycles. The van der Waals surface area contributed by atoms with Crippen LogP contribution in [0.15, 0.2) is 0 Å². The van der Waals surface area contributed by atoms with E-state index in [1.165, 1.54) is 6.92 Å². The predicted octanol–water partition coefficient (Wildman–Crippen LogP) is -5.19. The van der Waals surface area contributed by atoms with Gasteiger partial charge in [-0.3, -0.25) is 0 Å². The molecule has 250 valence electrons. The molecule has 16 nitrogen and oxygen atoms in total. The van der Waals surface area contributed by atoms with Crippen molar-refractivity contribution in [1.82, 2.24) is 0 Å². The van der Waals surface area contributed by atoms with Gasteiger partial charge in [0, 0.05) is 12.3 Å². The van der Waals surface area contributed by atoms with E-state index in [1.807, 2.05) is 0 Å². The smallest absolute Gasteiger partial charge is 0.186 e. The Bertz CT molecular complexity index is 900. The average Bonchev–Trinajstić information content (AvgIpc) is 2.97. The molecule has 16 heteroatoms. The molecule has 0 aromatic carbocycles. The highest BCUT2D eigenvalue weighted by Crippen LogP contribution is 2.45. The summed E-state index contributed by atoms with van der Waals surface area (Å²) in [6, 6.07) is 0. The normalized spacial score (nSPS) is 56.4. The summed E-state index contributed by atoms with van der Waals surface area (Å²) in [5.74, 6) is -1.05. The van der Waals surface area contributed by atoms with Gasteiger partial charge in [-0.25, -0.2) is 0 Å². The maximum atomic E-state index is 10.7. The number of aliphatic hydroxyl groups is 11. The van der Waals surface area contributed by atoms with Gasteiger partial charge in [-0.1, -0.05) is 0 Å². The predicted molar refractivity (Wildman–Crippen MR) is 139 cm³/mol. The minimum absolute atomic E-state index is 0.0549. The van der Waals surface area contributed by atoms with Crippen molar-refractivity contribution in [2.24, 2.45) is 11.8 Å². The van der Waals surface area contributed by atoms with Crippen molar-refractivity contribution in [2.45, 2.75) is 149 Å². The molecular weight excluding hydrogens is 580 g/mol. The highest BCUT2D eigenvalue weighted by molar-refractivity contribution is 5.01. The minimum atomic E-state index is -1.67. The van der Waals surface area contributed by atoms with Gasteiger partial charge in [0.05, 0.1) is 55.4 Å². The van der Waals surface area contributed by atoms with E-state index in [4.69, 9.17) is 23.7 Å². The Kier molecular flexibility index (Phi) is 10.7. The van der Waals surface area contributed by atoms with Crippen molar-refractivity contribution in [1.29, 1.82) is 0 Å². The van der Waals surface area contributed by atoms with Gasteiger partial charge < -0.3 is 79.9 Å². The molecule has 11 N–H and O–H groups in total. The van der Waals surface area contributed by atoms with Crippen LogP contribution in [0, 0.1) is 11.8 Å². The van der Waals surface area contributed by atoms with Crippen molar-refractivity contribution in [3.05, 3.63) is 0 Å². The first-order valence-electron chi connectivity index (χ1n) is 15.0. The molecule has 43 heavy (non-hydrogen) atoms. The molecule has 0 aromatic heterocycles. The van der Waals surface area contributed by atoms with Crippen LogP contribution >= 0.6 is 0 Å². The van der Waals surface area contributed by atoms with Crippen LogP contribution in [0.3, 0.4) is 0 Å². The summed E-state index contributed by atoms with van der Waals surface area (Å²) in [4.78, 5) is 0. The topological polar surface area (TPSA) is 269 Å². The lowest BCUT2D eigenvalue weighted by Gasteiger charge is -2.52. The first-order valence-corrected chi connectivity index (χ1v) is 15.0. The van der Waals surface area contributed by atoms with E-state index in [2.05, 4.69) is 0 Å². The van der Waals surface area contributed by atoms with Gasteiger partial charge in [-0.2, -0.15) is 0 Å². The van der Waals surface area contributed by atoms with Gasteiger partial charge in [0.2, 0.25) is 0 Å². The summed E-state index contributed by atoms with van der Waals surface area (Å²) in [7, 11) is 0. The molecular formula is C27H46O16. The number of aliphatic hydroxyl groups excluding tert-OH is 11. The Morgan fingerprint density at radius 3 is 1.79 bits per heavy atom. The Morgan fingerprint density at radius 1 is 0.581 bits per heavy atom. The second-order valence-electron chi connectivity index (χ2n) is 12.7. The number of ether oxygens (including phenoxy) is 5. The fourth-order valence-electron chi connectivity index (χ4n) is 7.25. The Labute approximate surface area is 248 Å². The Morgan fingerprint density at radius 2 is 1.16 bits per heavy atom. The van der Waals surface area contributed by atoms with Crippen LogP contribution in [0.5, 0.6) is 0 Å². The zero-order valence-corrected chi connectivity index (χ0v) is 23.8. The number of hydrogen-bond acceptors (Lipinski definition) is 16. The maximum absolute atomic E-state index is 10.7. The molecule has 2 aliphatic carbocycles. The number of hydrogen-bond donors (Lipinski definition) is 11. The fourth-order valence-corrected chi connectivity index (χ4v) is 7.25. The average molecular weight is 627 g/mol. The molecule has 0 amide bonds. The van der Waals surface area contributed by atoms with Crippen LogP contribution in [-0.2, 0) is 23.7 Å². The second-order valence-corrected chi connectivity index (χ2v) is 12.7. The quantitative estimate of drug-likeness (QED) is 0.132. The zero-order chi connectivity index (χ0) is 31.3. The summed E-state index contributed by atoms with van der Waals surface area (Å²) in [6.45, 7) is 0.852. The number of fused-ring (bicyclic) bond motifs is 1. The van der Waals surface area contributed by atoms with E-state index in [1.54, 1.807) is 0 Å². The highest BCUT2D eigenvalue weighted by atomic mass is 16.7. The maximum Gasteiger partial charge on any atom is 0.186 e. The van der Waals surface area contributed by atoms with Crippen molar-refractivity contribution >= 4 is 0 Å². The van der Waals surface area contributed by atoms with Crippen LogP contribution in [-0.4, -0.2) is 173 Å². The Hall–Kier alpha value is -0.640. The van der Waals surface area contributed by atoms with Gasteiger partial charge >= 0.3 is 0 Å². The lowest BCUT2D eigenvalue weighted by atomic mass is 9.72.